The van der Waals surface area contributed by atoms with Crippen LogP contribution in [0.25, 0.3) is 10.8 Å². The Bertz CT molecular complexity index is 604. The van der Waals surface area contributed by atoms with Gasteiger partial charge in [-0.05, 0) is 17.5 Å². The van der Waals surface area contributed by atoms with E-state index in [9.17, 15) is 0 Å². The Balaban J connectivity index is 2.31. The van der Waals surface area contributed by atoms with E-state index in [4.69, 9.17) is 14.5 Å². The van der Waals surface area contributed by atoms with Crippen molar-refractivity contribution in [3.63, 3.8) is 0 Å². The van der Waals surface area contributed by atoms with Crippen LogP contribution >= 0.6 is 11.3 Å². The topological polar surface area (TPSA) is 71.9 Å². The van der Waals surface area contributed by atoms with Gasteiger partial charge < -0.3 is 9.26 Å². The summed E-state index contributed by atoms with van der Waals surface area (Å²) >= 11 is 1.33. The SMILES string of the molecule is COC(c1noc(-c2ccc(C#N)s2)n1)C(C)(C)C. The van der Waals surface area contributed by atoms with Gasteiger partial charge in [-0.25, -0.2) is 0 Å². The zero-order valence-electron chi connectivity index (χ0n) is 11.3. The molecule has 5 nitrogen and oxygen atoms in total. The quantitative estimate of drug-likeness (QED) is 0.859. The van der Waals surface area contributed by atoms with Crippen molar-refractivity contribution < 1.29 is 9.26 Å². The van der Waals surface area contributed by atoms with Crippen LogP contribution in [0.4, 0.5) is 0 Å². The van der Waals surface area contributed by atoms with Gasteiger partial charge >= 0.3 is 0 Å². The highest BCUT2D eigenvalue weighted by atomic mass is 32.1. The van der Waals surface area contributed by atoms with E-state index in [0.717, 1.165) is 4.88 Å². The van der Waals surface area contributed by atoms with Gasteiger partial charge in [-0.2, -0.15) is 10.2 Å². The molecule has 0 saturated heterocycles. The number of aromatic nitrogens is 2. The van der Waals surface area contributed by atoms with Gasteiger partial charge in [0.25, 0.3) is 5.89 Å². The third-order valence-electron chi connectivity index (χ3n) is 2.63. The number of hydrogen-bond donors (Lipinski definition) is 0. The molecule has 1 atom stereocenters. The summed E-state index contributed by atoms with van der Waals surface area (Å²) in [4.78, 5) is 5.77. The minimum atomic E-state index is -0.236. The zero-order valence-corrected chi connectivity index (χ0v) is 12.1. The Morgan fingerprint density at radius 1 is 1.42 bits per heavy atom. The molecule has 0 fully saturated rings. The molecule has 1 unspecified atom stereocenters. The fraction of sp³-hybridized carbons (Fsp3) is 0.462. The third-order valence-corrected chi connectivity index (χ3v) is 3.60. The molecular formula is C13H15N3O2S. The molecule has 0 aliphatic carbocycles. The fourth-order valence-corrected chi connectivity index (χ4v) is 2.53. The average Bonchev–Trinajstić information content (AvgIpc) is 2.95. The van der Waals surface area contributed by atoms with E-state index in [1.165, 1.54) is 11.3 Å². The molecule has 0 aromatic carbocycles. The summed E-state index contributed by atoms with van der Waals surface area (Å²) in [5.74, 6) is 0.949. The normalized spacial score (nSPS) is 13.2. The Kier molecular flexibility index (Phi) is 3.69. The number of hydrogen-bond acceptors (Lipinski definition) is 6. The molecule has 100 valence electrons. The van der Waals surface area contributed by atoms with Crippen molar-refractivity contribution >= 4 is 11.3 Å². The summed E-state index contributed by atoms with van der Waals surface area (Å²) < 4.78 is 10.7. The first-order chi connectivity index (χ1) is 8.95. The lowest BCUT2D eigenvalue weighted by molar-refractivity contribution is 0.00718. The van der Waals surface area contributed by atoms with Gasteiger partial charge in [-0.3, -0.25) is 0 Å². The number of rotatable bonds is 3. The molecule has 2 aromatic rings. The van der Waals surface area contributed by atoms with Crippen LogP contribution in [0.3, 0.4) is 0 Å². The van der Waals surface area contributed by atoms with Crippen molar-refractivity contribution in [2.45, 2.75) is 26.9 Å². The van der Waals surface area contributed by atoms with Crippen LogP contribution in [0, 0.1) is 16.7 Å². The molecule has 2 aromatic heterocycles. The van der Waals surface area contributed by atoms with Crippen molar-refractivity contribution in [3.8, 4) is 16.8 Å². The Hall–Kier alpha value is -1.71. The van der Waals surface area contributed by atoms with E-state index in [1.54, 1.807) is 19.2 Å². The molecule has 2 heterocycles. The molecule has 0 spiro atoms. The minimum Gasteiger partial charge on any atom is -0.373 e. The standard InChI is InChI=1S/C13H15N3O2S/c1-13(2,3)10(17-4)11-15-12(18-16-11)9-6-5-8(7-14)19-9/h5-6,10H,1-4H3. The first kappa shape index (κ1) is 13.7. The maximum Gasteiger partial charge on any atom is 0.268 e. The minimum absolute atomic E-state index is 0.122. The highest BCUT2D eigenvalue weighted by molar-refractivity contribution is 7.15. The molecule has 6 heteroatoms. The highest BCUT2D eigenvalue weighted by Gasteiger charge is 2.30. The van der Waals surface area contributed by atoms with Gasteiger partial charge in [0.1, 0.15) is 17.1 Å². The first-order valence-electron chi connectivity index (χ1n) is 5.82. The van der Waals surface area contributed by atoms with Crippen LogP contribution in [0.15, 0.2) is 16.7 Å². The molecule has 0 N–H and O–H groups in total. The van der Waals surface area contributed by atoms with Gasteiger partial charge in [-0.15, -0.1) is 11.3 Å². The van der Waals surface area contributed by atoms with Gasteiger partial charge in [-0.1, -0.05) is 25.9 Å². The predicted octanol–water partition coefficient (Wildman–Crippen LogP) is 3.40. The van der Waals surface area contributed by atoms with Gasteiger partial charge in [0.05, 0.1) is 4.88 Å². The predicted molar refractivity (Wildman–Crippen MR) is 71.5 cm³/mol. The molecule has 0 saturated carbocycles. The van der Waals surface area contributed by atoms with Crippen LogP contribution in [-0.2, 0) is 4.74 Å². The summed E-state index contributed by atoms with van der Waals surface area (Å²) in [5.41, 5.74) is -0.122. The molecule has 0 bridgehead atoms. The van der Waals surface area contributed by atoms with E-state index in [-0.39, 0.29) is 11.5 Å². The van der Waals surface area contributed by atoms with Crippen molar-refractivity contribution in [2.75, 3.05) is 7.11 Å². The Morgan fingerprint density at radius 3 is 2.68 bits per heavy atom. The van der Waals surface area contributed by atoms with Gasteiger partial charge in [0, 0.05) is 7.11 Å². The lowest BCUT2D eigenvalue weighted by atomic mass is 9.88. The number of methoxy groups -OCH3 is 1. The molecule has 0 radical (unpaired) electrons. The van der Waals surface area contributed by atoms with Crippen molar-refractivity contribution in [1.29, 1.82) is 5.26 Å². The van der Waals surface area contributed by atoms with Crippen LogP contribution < -0.4 is 0 Å². The van der Waals surface area contributed by atoms with E-state index < -0.39 is 0 Å². The monoisotopic (exact) mass is 277 g/mol. The third kappa shape index (κ3) is 2.83. The zero-order chi connectivity index (χ0) is 14.0. The second-order valence-corrected chi connectivity index (χ2v) is 6.30. The van der Waals surface area contributed by atoms with Crippen LogP contribution in [-0.4, -0.2) is 17.3 Å². The van der Waals surface area contributed by atoms with Crippen molar-refractivity contribution in [2.24, 2.45) is 5.41 Å². The number of nitrogens with zero attached hydrogens (tertiary/aromatic N) is 3. The van der Waals surface area contributed by atoms with Crippen LogP contribution in [0.2, 0.25) is 0 Å². The van der Waals surface area contributed by atoms with E-state index in [2.05, 4.69) is 37.0 Å². The van der Waals surface area contributed by atoms with E-state index in [0.29, 0.717) is 16.6 Å². The number of ether oxygens (including phenoxy) is 1. The average molecular weight is 277 g/mol. The fourth-order valence-electron chi connectivity index (χ4n) is 1.80. The maximum absolute atomic E-state index is 8.81. The molecule has 0 amide bonds. The van der Waals surface area contributed by atoms with E-state index in [1.807, 2.05) is 0 Å². The summed E-state index contributed by atoms with van der Waals surface area (Å²) in [7, 11) is 1.63. The second kappa shape index (κ2) is 5.11. The van der Waals surface area contributed by atoms with Crippen molar-refractivity contribution in [3.05, 3.63) is 22.8 Å². The van der Waals surface area contributed by atoms with E-state index >= 15 is 0 Å². The van der Waals surface area contributed by atoms with Crippen molar-refractivity contribution in [1.82, 2.24) is 10.1 Å². The summed E-state index contributed by atoms with van der Waals surface area (Å²) in [6, 6.07) is 5.63. The van der Waals surface area contributed by atoms with Crippen LogP contribution in [0.5, 0.6) is 0 Å². The highest BCUT2D eigenvalue weighted by Crippen LogP contribution is 2.35. The Labute approximate surface area is 115 Å². The second-order valence-electron chi connectivity index (χ2n) is 5.22. The molecule has 0 aliphatic rings. The smallest absolute Gasteiger partial charge is 0.268 e. The molecule has 19 heavy (non-hydrogen) atoms. The van der Waals surface area contributed by atoms with Gasteiger partial charge in [0.2, 0.25) is 5.82 Å². The summed E-state index contributed by atoms with van der Waals surface area (Å²) in [5, 5.41) is 12.8. The number of thiophene rings is 1. The molecular weight excluding hydrogens is 262 g/mol. The maximum atomic E-state index is 8.81. The first-order valence-corrected chi connectivity index (χ1v) is 6.64. The Morgan fingerprint density at radius 2 is 2.16 bits per heavy atom. The summed E-state index contributed by atoms with van der Waals surface area (Å²) in [6.45, 7) is 6.16. The number of nitriles is 1. The molecule has 0 aliphatic heterocycles. The van der Waals surface area contributed by atoms with Gasteiger partial charge in [0.15, 0.2) is 0 Å². The largest absolute Gasteiger partial charge is 0.373 e. The molecule has 2 rings (SSSR count). The lowest BCUT2D eigenvalue weighted by Gasteiger charge is -2.26. The summed E-state index contributed by atoms with van der Waals surface area (Å²) in [6.07, 6.45) is -0.236. The van der Waals surface area contributed by atoms with Crippen LogP contribution in [0.1, 0.15) is 37.6 Å². The lowest BCUT2D eigenvalue weighted by Crippen LogP contribution is -2.21.